The maximum atomic E-state index is 13.5. The largest absolute Gasteiger partial charge is 0.282 e. The first-order valence-electron chi connectivity index (χ1n) is 6.54. The Balaban J connectivity index is 2.30. The molecule has 0 saturated carbocycles. The second-order valence-electron chi connectivity index (χ2n) is 5.09. The van der Waals surface area contributed by atoms with Crippen LogP contribution in [-0.4, -0.2) is 23.1 Å². The first kappa shape index (κ1) is 18.5. The lowest BCUT2D eigenvalue weighted by Gasteiger charge is -2.11. The highest BCUT2D eigenvalue weighted by Crippen LogP contribution is 2.27. The summed E-state index contributed by atoms with van der Waals surface area (Å²) in [5, 5.41) is 0.00992. The number of benzene rings is 2. The molecule has 0 aromatic heterocycles. The van der Waals surface area contributed by atoms with E-state index < -0.39 is 25.9 Å². The monoisotopic (exact) mass is 392 g/mol. The van der Waals surface area contributed by atoms with Crippen molar-refractivity contribution in [3.8, 4) is 0 Å². The van der Waals surface area contributed by atoms with Crippen molar-refractivity contribution in [1.82, 2.24) is 0 Å². The summed E-state index contributed by atoms with van der Waals surface area (Å²) >= 11 is 5.93. The SMILES string of the molecule is Cc1ccc(S(=O)(=O)Nc2ccc(NS(C)(=O)=O)c(Cl)c2)cc1F. The molecule has 2 aromatic carbocycles. The maximum Gasteiger partial charge on any atom is 0.261 e. The van der Waals surface area contributed by atoms with Crippen LogP contribution in [0.15, 0.2) is 41.3 Å². The number of anilines is 2. The molecule has 0 fully saturated rings. The minimum Gasteiger partial charge on any atom is -0.282 e. The fourth-order valence-electron chi connectivity index (χ4n) is 1.82. The molecular formula is C14H14ClFN2O4S2. The van der Waals surface area contributed by atoms with Gasteiger partial charge in [0.05, 0.1) is 27.5 Å². The third-order valence-electron chi connectivity index (χ3n) is 2.97. The molecule has 2 rings (SSSR count). The van der Waals surface area contributed by atoms with Crippen LogP contribution in [0.3, 0.4) is 0 Å². The van der Waals surface area contributed by atoms with E-state index in [0.717, 1.165) is 12.3 Å². The third kappa shape index (κ3) is 4.59. The van der Waals surface area contributed by atoms with Crippen LogP contribution in [0.1, 0.15) is 5.56 Å². The average molecular weight is 393 g/mol. The molecule has 6 nitrogen and oxygen atoms in total. The number of hydrogen-bond donors (Lipinski definition) is 2. The number of halogens is 2. The van der Waals surface area contributed by atoms with Gasteiger partial charge in [-0.25, -0.2) is 21.2 Å². The summed E-state index contributed by atoms with van der Waals surface area (Å²) in [5.41, 5.74) is 0.553. The van der Waals surface area contributed by atoms with Crippen LogP contribution in [0.4, 0.5) is 15.8 Å². The molecule has 0 aliphatic carbocycles. The number of sulfonamides is 2. The summed E-state index contributed by atoms with van der Waals surface area (Å²) in [6.45, 7) is 1.52. The summed E-state index contributed by atoms with van der Waals surface area (Å²) < 4.78 is 64.9. The minimum atomic E-state index is -4.00. The maximum absolute atomic E-state index is 13.5. The highest BCUT2D eigenvalue weighted by Gasteiger charge is 2.17. The second-order valence-corrected chi connectivity index (χ2v) is 8.92. The molecule has 130 valence electrons. The van der Waals surface area contributed by atoms with Crippen molar-refractivity contribution in [1.29, 1.82) is 0 Å². The van der Waals surface area contributed by atoms with Gasteiger partial charge in [-0.3, -0.25) is 9.44 Å². The van der Waals surface area contributed by atoms with E-state index in [4.69, 9.17) is 11.6 Å². The van der Waals surface area contributed by atoms with Gasteiger partial charge in [-0.2, -0.15) is 0 Å². The predicted molar refractivity (Wildman–Crippen MR) is 91.9 cm³/mol. The van der Waals surface area contributed by atoms with Crippen LogP contribution in [0.5, 0.6) is 0 Å². The molecule has 0 unspecified atom stereocenters. The van der Waals surface area contributed by atoms with Gasteiger partial charge in [0.25, 0.3) is 10.0 Å². The Labute approximate surface area is 144 Å². The second kappa shape index (κ2) is 6.58. The highest BCUT2D eigenvalue weighted by atomic mass is 35.5. The fourth-order valence-corrected chi connectivity index (χ4v) is 3.74. The molecule has 0 spiro atoms. The minimum absolute atomic E-state index is 0.00992. The van der Waals surface area contributed by atoms with E-state index in [1.807, 2.05) is 0 Å². The summed E-state index contributed by atoms with van der Waals surface area (Å²) in [6, 6.07) is 7.45. The van der Waals surface area contributed by atoms with Gasteiger partial charge in [-0.1, -0.05) is 17.7 Å². The van der Waals surface area contributed by atoms with Gasteiger partial charge in [0.2, 0.25) is 10.0 Å². The molecule has 0 aliphatic rings. The molecule has 0 aliphatic heterocycles. The summed E-state index contributed by atoms with van der Waals surface area (Å²) in [5.74, 6) is -0.636. The highest BCUT2D eigenvalue weighted by molar-refractivity contribution is 7.92. The zero-order valence-electron chi connectivity index (χ0n) is 12.7. The van der Waals surface area contributed by atoms with Crippen molar-refractivity contribution >= 4 is 43.0 Å². The van der Waals surface area contributed by atoms with Crippen LogP contribution in [0.2, 0.25) is 5.02 Å². The molecule has 0 atom stereocenters. The van der Waals surface area contributed by atoms with Gasteiger partial charge >= 0.3 is 0 Å². The van der Waals surface area contributed by atoms with Crippen LogP contribution in [-0.2, 0) is 20.0 Å². The molecule has 2 N–H and O–H groups in total. The Bertz CT molecular complexity index is 992. The Morgan fingerprint density at radius 2 is 1.67 bits per heavy atom. The quantitative estimate of drug-likeness (QED) is 0.818. The Morgan fingerprint density at radius 3 is 2.21 bits per heavy atom. The molecule has 0 amide bonds. The number of rotatable bonds is 5. The van der Waals surface area contributed by atoms with Crippen molar-refractivity contribution < 1.29 is 21.2 Å². The summed E-state index contributed by atoms with van der Waals surface area (Å²) in [7, 11) is -7.52. The van der Waals surface area contributed by atoms with E-state index in [2.05, 4.69) is 9.44 Å². The third-order valence-corrected chi connectivity index (χ3v) is 5.25. The molecule has 2 aromatic rings. The lowest BCUT2D eigenvalue weighted by atomic mass is 10.2. The Kier molecular flexibility index (Phi) is 5.07. The molecule has 24 heavy (non-hydrogen) atoms. The summed E-state index contributed by atoms with van der Waals surface area (Å²) in [4.78, 5) is -0.236. The molecular weight excluding hydrogens is 379 g/mol. The molecule has 0 saturated heterocycles. The van der Waals surface area contributed by atoms with Gasteiger partial charge in [0.15, 0.2) is 0 Å². The topological polar surface area (TPSA) is 92.3 Å². The van der Waals surface area contributed by atoms with E-state index in [1.54, 1.807) is 0 Å². The Hall–Kier alpha value is -1.84. The lowest BCUT2D eigenvalue weighted by Crippen LogP contribution is -2.14. The van der Waals surface area contributed by atoms with Crippen LogP contribution in [0, 0.1) is 12.7 Å². The zero-order valence-corrected chi connectivity index (χ0v) is 15.1. The van der Waals surface area contributed by atoms with Crippen molar-refractivity contribution in [2.24, 2.45) is 0 Å². The summed E-state index contributed by atoms with van der Waals surface area (Å²) in [6.07, 6.45) is 0.964. The normalized spacial score (nSPS) is 12.0. The van der Waals surface area contributed by atoms with Crippen molar-refractivity contribution in [2.45, 2.75) is 11.8 Å². The van der Waals surface area contributed by atoms with Crippen LogP contribution < -0.4 is 9.44 Å². The fraction of sp³-hybridized carbons (Fsp3) is 0.143. The molecule has 0 heterocycles. The number of hydrogen-bond acceptors (Lipinski definition) is 4. The van der Waals surface area contributed by atoms with E-state index in [1.165, 1.54) is 37.3 Å². The predicted octanol–water partition coefficient (Wildman–Crippen LogP) is 2.96. The standard InChI is InChI=1S/C14H14ClFN2O4S2/c1-9-3-5-11(8-13(9)16)24(21,22)17-10-4-6-14(12(15)7-10)18-23(2,19)20/h3-8,17-18H,1-2H3. The molecule has 10 heteroatoms. The average Bonchev–Trinajstić information content (AvgIpc) is 2.43. The van der Waals surface area contributed by atoms with E-state index in [-0.39, 0.29) is 21.3 Å². The lowest BCUT2D eigenvalue weighted by molar-refractivity contribution is 0.593. The first-order valence-corrected chi connectivity index (χ1v) is 10.3. The van der Waals surface area contributed by atoms with Gasteiger partial charge in [-0.05, 0) is 42.8 Å². The van der Waals surface area contributed by atoms with Gasteiger partial charge in [0, 0.05) is 0 Å². The number of nitrogens with one attached hydrogen (secondary N) is 2. The Morgan fingerprint density at radius 1 is 1.00 bits per heavy atom. The van der Waals surface area contributed by atoms with Gasteiger partial charge < -0.3 is 0 Å². The smallest absolute Gasteiger partial charge is 0.261 e. The van der Waals surface area contributed by atoms with Crippen molar-refractivity contribution in [3.05, 3.63) is 52.8 Å². The van der Waals surface area contributed by atoms with Crippen LogP contribution in [0.25, 0.3) is 0 Å². The van der Waals surface area contributed by atoms with Gasteiger partial charge in [-0.15, -0.1) is 0 Å². The van der Waals surface area contributed by atoms with Crippen molar-refractivity contribution in [3.63, 3.8) is 0 Å². The van der Waals surface area contributed by atoms with E-state index in [9.17, 15) is 21.2 Å². The van der Waals surface area contributed by atoms with Crippen molar-refractivity contribution in [2.75, 3.05) is 15.7 Å². The molecule has 0 radical (unpaired) electrons. The van der Waals surface area contributed by atoms with E-state index in [0.29, 0.717) is 5.56 Å². The van der Waals surface area contributed by atoms with E-state index >= 15 is 0 Å². The zero-order chi connectivity index (χ0) is 18.1. The number of aryl methyl sites for hydroxylation is 1. The van der Waals surface area contributed by atoms with Gasteiger partial charge in [0.1, 0.15) is 5.82 Å². The molecule has 0 bridgehead atoms. The van der Waals surface area contributed by atoms with Crippen LogP contribution >= 0.6 is 11.6 Å². The first-order chi connectivity index (χ1) is 11.0.